The Kier molecular flexibility index (Phi) is 15.8. The van der Waals surface area contributed by atoms with Crippen LogP contribution in [0.3, 0.4) is 0 Å². The molecule has 3 aliphatic heterocycles. The molecular formula is C59H62N8O7. The monoisotopic (exact) mass is 994 g/mol. The number of anilines is 2. The molecule has 3 N–H and O–H groups in total. The van der Waals surface area contributed by atoms with E-state index in [2.05, 4.69) is 52.4 Å². The Morgan fingerprint density at radius 2 is 1.18 bits per heavy atom. The van der Waals surface area contributed by atoms with Gasteiger partial charge in [-0.2, -0.15) is 0 Å². The second kappa shape index (κ2) is 23.5. The third-order valence-corrected chi connectivity index (χ3v) is 13.5. The van der Waals surface area contributed by atoms with Crippen LogP contribution in [0.25, 0.3) is 44.6 Å². The lowest BCUT2D eigenvalue weighted by atomic mass is 10.1. The van der Waals surface area contributed by atoms with Crippen LogP contribution >= 0.6 is 0 Å². The number of hydrogen-bond acceptors (Lipinski definition) is 14. The van der Waals surface area contributed by atoms with E-state index in [1.54, 1.807) is 29.2 Å². The van der Waals surface area contributed by atoms with Gasteiger partial charge < -0.3 is 44.3 Å². The lowest BCUT2D eigenvalue weighted by Crippen LogP contribution is -2.57. The van der Waals surface area contributed by atoms with Crippen LogP contribution in [0.4, 0.5) is 16.4 Å². The number of carbonyl (C=O) groups excluding carboxylic acids is 1. The van der Waals surface area contributed by atoms with E-state index in [1.807, 2.05) is 97.9 Å². The number of carbonyl (C=O) groups is 1. The minimum Gasteiger partial charge on any atom is -0.507 e. The summed E-state index contributed by atoms with van der Waals surface area (Å²) in [7, 11) is 0. The first-order valence-corrected chi connectivity index (χ1v) is 25.4. The molecule has 0 unspecified atom stereocenters. The van der Waals surface area contributed by atoms with Gasteiger partial charge in [-0.05, 0) is 84.6 Å². The van der Waals surface area contributed by atoms with Crippen LogP contribution in [-0.4, -0.2) is 125 Å². The van der Waals surface area contributed by atoms with Crippen LogP contribution in [0.2, 0.25) is 0 Å². The minimum absolute atomic E-state index is 0.126. The summed E-state index contributed by atoms with van der Waals surface area (Å²) in [6.45, 7) is 11.1. The molecule has 1 amide bonds. The van der Waals surface area contributed by atoms with Crippen molar-refractivity contribution in [1.29, 1.82) is 0 Å². The zero-order valence-electron chi connectivity index (χ0n) is 41.8. The standard InChI is InChI=1S/C32H34N4O5.C27H28N4O2/c1-22-11-12-26-28(17-22)33-30(27-9-5-6-10-29(27)37)34-31(26)35-14-15-36(32(38)41-25-13-16-39-21-25)24(18-35)20-40-19-23-7-3-2-4-8-23;1-19-11-12-22-24(15-19)29-26(23-9-5-6-10-25(23)32)30-27(22)31-14-13-28-21(16-31)18-33-17-20-7-3-2-4-8-20/h2-12,17,24-25,37H,13-16,18-21H2,1H3;2-12,15,21,28,32H,13-14,16-18H2,1H3/t24-,25-;21-/m11/s1. The third-order valence-electron chi connectivity index (χ3n) is 13.5. The molecule has 0 saturated carbocycles. The van der Waals surface area contributed by atoms with E-state index < -0.39 is 0 Å². The Morgan fingerprint density at radius 1 is 0.635 bits per heavy atom. The number of fused-ring (bicyclic) bond motifs is 2. The molecule has 3 fully saturated rings. The quantitative estimate of drug-likeness (QED) is 0.100. The first-order chi connectivity index (χ1) is 36.2. The summed E-state index contributed by atoms with van der Waals surface area (Å²) < 4.78 is 23.3. The van der Waals surface area contributed by atoms with E-state index in [9.17, 15) is 15.0 Å². The number of aromatic nitrogens is 4. The van der Waals surface area contributed by atoms with Crippen molar-refractivity contribution in [1.82, 2.24) is 30.2 Å². The van der Waals surface area contributed by atoms with Gasteiger partial charge in [0.15, 0.2) is 11.6 Å². The fraction of sp³-hybridized carbons (Fsp3) is 0.305. The second-order valence-electron chi connectivity index (χ2n) is 19.1. The topological polar surface area (TPSA) is 168 Å². The molecule has 5 heterocycles. The highest BCUT2D eigenvalue weighted by atomic mass is 16.6. The van der Waals surface area contributed by atoms with Crippen molar-refractivity contribution in [3.8, 4) is 34.3 Å². The van der Waals surface area contributed by atoms with E-state index >= 15 is 0 Å². The van der Waals surface area contributed by atoms with Gasteiger partial charge in [0.2, 0.25) is 0 Å². The lowest BCUT2D eigenvalue weighted by molar-refractivity contribution is 0.0150. The third kappa shape index (κ3) is 12.0. The van der Waals surface area contributed by atoms with E-state index in [0.29, 0.717) is 88.5 Å². The molecule has 0 bridgehead atoms. The van der Waals surface area contributed by atoms with Crippen molar-refractivity contribution in [2.24, 2.45) is 0 Å². The van der Waals surface area contributed by atoms with Crippen LogP contribution in [0.15, 0.2) is 146 Å². The number of piperazine rings is 2. The van der Waals surface area contributed by atoms with Gasteiger partial charge in [-0.1, -0.05) is 97.1 Å². The number of rotatable bonds is 13. The predicted octanol–water partition coefficient (Wildman–Crippen LogP) is 9.25. The zero-order valence-corrected chi connectivity index (χ0v) is 41.8. The summed E-state index contributed by atoms with van der Waals surface area (Å²) >= 11 is 0. The highest BCUT2D eigenvalue weighted by Gasteiger charge is 2.35. The second-order valence-corrected chi connectivity index (χ2v) is 19.1. The number of nitrogens with zero attached hydrogens (tertiary/aromatic N) is 7. The predicted molar refractivity (Wildman–Crippen MR) is 287 cm³/mol. The summed E-state index contributed by atoms with van der Waals surface area (Å²) in [5.41, 5.74) is 7.36. The van der Waals surface area contributed by atoms with E-state index in [4.69, 9.17) is 38.9 Å². The Bertz CT molecular complexity index is 3180. The molecule has 0 aliphatic carbocycles. The molecule has 3 aliphatic rings. The van der Waals surface area contributed by atoms with Gasteiger partial charge in [0, 0.05) is 62.5 Å². The number of ether oxygens (including phenoxy) is 4. The smallest absolute Gasteiger partial charge is 0.410 e. The van der Waals surface area contributed by atoms with Crippen molar-refractivity contribution in [2.75, 3.05) is 75.5 Å². The van der Waals surface area contributed by atoms with Gasteiger partial charge in [-0.15, -0.1) is 0 Å². The number of nitrogens with one attached hydrogen (secondary N) is 1. The molecule has 0 radical (unpaired) electrons. The highest BCUT2D eigenvalue weighted by Crippen LogP contribution is 2.35. The normalized spacial score (nSPS) is 17.8. The number of aromatic hydroxyl groups is 2. The Morgan fingerprint density at radius 3 is 1.73 bits per heavy atom. The van der Waals surface area contributed by atoms with Gasteiger partial charge in [0.05, 0.1) is 67.8 Å². The van der Waals surface area contributed by atoms with Crippen LogP contribution in [0.5, 0.6) is 11.5 Å². The molecule has 11 rings (SSSR count). The fourth-order valence-electron chi connectivity index (χ4n) is 9.65. The lowest BCUT2D eigenvalue weighted by Gasteiger charge is -2.41. The summed E-state index contributed by atoms with van der Waals surface area (Å²) in [5.74, 6) is 2.96. The summed E-state index contributed by atoms with van der Waals surface area (Å²) in [4.78, 5) is 39.0. The van der Waals surface area contributed by atoms with Crippen molar-refractivity contribution in [3.63, 3.8) is 0 Å². The van der Waals surface area contributed by atoms with Gasteiger partial charge in [0.25, 0.3) is 0 Å². The zero-order chi connectivity index (χ0) is 50.8. The molecule has 15 heteroatoms. The number of phenolic OH excluding ortho intramolecular Hbond substituents is 2. The molecule has 15 nitrogen and oxygen atoms in total. The maximum atomic E-state index is 13.3. The summed E-state index contributed by atoms with van der Waals surface area (Å²) in [6, 6.07) is 46.9. The molecule has 74 heavy (non-hydrogen) atoms. The molecule has 8 aromatic rings. The first kappa shape index (κ1) is 49.9. The maximum absolute atomic E-state index is 13.3. The van der Waals surface area contributed by atoms with E-state index in [0.717, 1.165) is 69.8 Å². The Labute approximate surface area is 431 Å². The van der Waals surface area contributed by atoms with Gasteiger partial charge >= 0.3 is 6.09 Å². The largest absolute Gasteiger partial charge is 0.507 e. The molecule has 2 aromatic heterocycles. The molecule has 3 atom stereocenters. The van der Waals surface area contributed by atoms with Gasteiger partial charge in [0.1, 0.15) is 29.2 Å². The van der Waals surface area contributed by atoms with Gasteiger partial charge in [-0.3, -0.25) is 4.90 Å². The number of para-hydroxylation sites is 2. The highest BCUT2D eigenvalue weighted by molar-refractivity contribution is 5.93. The van der Waals surface area contributed by atoms with Gasteiger partial charge in [-0.25, -0.2) is 24.7 Å². The molecular weight excluding hydrogens is 933 g/mol. The van der Waals surface area contributed by atoms with Crippen molar-refractivity contribution >= 4 is 39.5 Å². The first-order valence-electron chi connectivity index (χ1n) is 25.4. The minimum atomic E-state index is -0.341. The maximum Gasteiger partial charge on any atom is 0.410 e. The average Bonchev–Trinajstić information content (AvgIpc) is 3.94. The van der Waals surface area contributed by atoms with Crippen LogP contribution in [0, 0.1) is 13.8 Å². The van der Waals surface area contributed by atoms with E-state index in [-0.39, 0.29) is 35.8 Å². The van der Waals surface area contributed by atoms with Crippen LogP contribution in [-0.2, 0) is 32.2 Å². The fourth-order valence-corrected chi connectivity index (χ4v) is 9.65. The molecule has 6 aromatic carbocycles. The van der Waals surface area contributed by atoms with Crippen LogP contribution < -0.4 is 15.1 Å². The van der Waals surface area contributed by atoms with Crippen LogP contribution in [0.1, 0.15) is 28.7 Å². The number of benzene rings is 6. The number of aryl methyl sites for hydroxylation is 2. The molecule has 3 saturated heterocycles. The number of phenols is 2. The van der Waals surface area contributed by atoms with Crippen molar-refractivity contribution in [3.05, 3.63) is 168 Å². The Balaban J connectivity index is 0.000000173. The average molecular weight is 995 g/mol. The van der Waals surface area contributed by atoms with Crippen molar-refractivity contribution < 1.29 is 34.0 Å². The number of hydrogen-bond donors (Lipinski definition) is 3. The Hall–Kier alpha value is -7.69. The van der Waals surface area contributed by atoms with E-state index in [1.165, 1.54) is 5.56 Å². The SMILES string of the molecule is Cc1ccc2c(N3CCN(C(=O)O[C@@H]4CCOC4)[C@@H](COCc4ccccc4)C3)nc(-c3ccccc3O)nc2c1.Cc1ccc2c(N3CCN[C@@H](COCc4ccccc4)C3)nc(-c3ccccc3O)nc2c1. The number of amides is 1. The molecule has 380 valence electrons. The molecule has 0 spiro atoms. The van der Waals surface area contributed by atoms with Crippen molar-refractivity contribution in [2.45, 2.75) is 51.7 Å². The summed E-state index contributed by atoms with van der Waals surface area (Å²) in [5, 5.41) is 26.5. The summed E-state index contributed by atoms with van der Waals surface area (Å²) in [6.07, 6.45) is 0.149.